The summed E-state index contributed by atoms with van der Waals surface area (Å²) in [6, 6.07) is 0. The van der Waals surface area contributed by atoms with Gasteiger partial charge in [0.2, 0.25) is 0 Å². The first-order chi connectivity index (χ1) is 6.08. The molecule has 0 fully saturated rings. The molecule has 0 aromatic carbocycles. The molecule has 0 nitrogen and oxygen atoms in total. The van der Waals surface area contributed by atoms with E-state index in [2.05, 4.69) is 13.2 Å². The Balaban J connectivity index is 4.27. The highest BCUT2D eigenvalue weighted by Crippen LogP contribution is 2.39. The van der Waals surface area contributed by atoms with Gasteiger partial charge >= 0.3 is 12.1 Å². The van der Waals surface area contributed by atoms with E-state index in [1.54, 1.807) is 0 Å². The lowest BCUT2D eigenvalue weighted by Crippen LogP contribution is -2.36. The number of rotatable bonds is 4. The molecule has 0 aliphatic carbocycles. The summed E-state index contributed by atoms with van der Waals surface area (Å²) >= 11 is 0. The van der Waals surface area contributed by atoms with Gasteiger partial charge in [-0.05, 0) is 13.3 Å². The fourth-order valence-corrected chi connectivity index (χ4v) is 0.663. The molecule has 0 N–H and O–H groups in total. The van der Waals surface area contributed by atoms with Crippen molar-refractivity contribution in [1.29, 1.82) is 0 Å². The molecule has 0 spiro atoms. The lowest BCUT2D eigenvalue weighted by Gasteiger charge is -2.19. The number of hydrogen-bond donors (Lipinski definition) is 0. The molecule has 0 aliphatic rings. The highest BCUT2D eigenvalue weighted by atomic mass is 19.4. The van der Waals surface area contributed by atoms with Crippen LogP contribution in [0.4, 0.5) is 22.0 Å². The van der Waals surface area contributed by atoms with Gasteiger partial charge in [-0.1, -0.05) is 24.3 Å². The van der Waals surface area contributed by atoms with E-state index in [-0.39, 0.29) is 5.57 Å². The largest absolute Gasteiger partial charge is 0.453 e. The lowest BCUT2D eigenvalue weighted by molar-refractivity contribution is -0.284. The second-order valence-corrected chi connectivity index (χ2v) is 3.09. The van der Waals surface area contributed by atoms with E-state index in [9.17, 15) is 22.0 Å². The van der Waals surface area contributed by atoms with Crippen molar-refractivity contribution in [2.45, 2.75) is 31.9 Å². The van der Waals surface area contributed by atoms with Gasteiger partial charge < -0.3 is 0 Å². The van der Waals surface area contributed by atoms with Crippen LogP contribution in [0.1, 0.15) is 19.8 Å². The van der Waals surface area contributed by atoms with Gasteiger partial charge in [0.1, 0.15) is 0 Å². The molecular formula is C9H11F5. The predicted octanol–water partition coefficient (Wildman–Crippen LogP) is 4.10. The Morgan fingerprint density at radius 1 is 1.07 bits per heavy atom. The fourth-order valence-electron chi connectivity index (χ4n) is 0.663. The third-order valence-corrected chi connectivity index (χ3v) is 1.76. The summed E-state index contributed by atoms with van der Waals surface area (Å²) in [5.74, 6) is -4.65. The van der Waals surface area contributed by atoms with Crippen LogP contribution in [0.25, 0.3) is 0 Å². The molecule has 82 valence electrons. The van der Waals surface area contributed by atoms with E-state index in [1.807, 2.05) is 0 Å². The SMILES string of the molecule is C=C(C)C(=C)CCC(F)(F)C(F)(F)F. The predicted molar refractivity (Wildman–Crippen MR) is 44.2 cm³/mol. The monoisotopic (exact) mass is 214 g/mol. The minimum absolute atomic E-state index is 0.217. The molecule has 0 aliphatic heterocycles. The van der Waals surface area contributed by atoms with Crippen molar-refractivity contribution in [2.75, 3.05) is 0 Å². The molecule has 5 heteroatoms. The van der Waals surface area contributed by atoms with E-state index in [0.717, 1.165) is 0 Å². The van der Waals surface area contributed by atoms with E-state index < -0.39 is 24.9 Å². The molecule has 0 bridgehead atoms. The molecule has 0 saturated carbocycles. The van der Waals surface area contributed by atoms with Crippen molar-refractivity contribution in [3.63, 3.8) is 0 Å². The Bertz CT molecular complexity index is 236. The van der Waals surface area contributed by atoms with Crippen LogP contribution in [0.3, 0.4) is 0 Å². The van der Waals surface area contributed by atoms with Gasteiger partial charge in [0.05, 0.1) is 0 Å². The normalized spacial score (nSPS) is 12.7. The van der Waals surface area contributed by atoms with Crippen LogP contribution in [-0.2, 0) is 0 Å². The Hall–Kier alpha value is -0.870. The Morgan fingerprint density at radius 3 is 1.79 bits per heavy atom. The smallest absolute Gasteiger partial charge is 0.196 e. The molecule has 0 rings (SSSR count). The summed E-state index contributed by atoms with van der Waals surface area (Å²) < 4.78 is 59.8. The van der Waals surface area contributed by atoms with Crippen LogP contribution < -0.4 is 0 Å². The second-order valence-electron chi connectivity index (χ2n) is 3.09. The molecule has 0 saturated heterocycles. The van der Waals surface area contributed by atoms with Crippen molar-refractivity contribution < 1.29 is 22.0 Å². The highest BCUT2D eigenvalue weighted by Gasteiger charge is 2.56. The van der Waals surface area contributed by atoms with Crippen LogP contribution in [0.2, 0.25) is 0 Å². The first kappa shape index (κ1) is 13.1. The van der Waals surface area contributed by atoms with E-state index >= 15 is 0 Å². The minimum atomic E-state index is -5.48. The Morgan fingerprint density at radius 2 is 1.50 bits per heavy atom. The quantitative estimate of drug-likeness (QED) is 0.488. The fraction of sp³-hybridized carbons (Fsp3) is 0.556. The highest BCUT2D eigenvalue weighted by molar-refractivity contribution is 5.22. The molecule has 0 amide bonds. The second kappa shape index (κ2) is 4.11. The molecular weight excluding hydrogens is 203 g/mol. The van der Waals surface area contributed by atoms with Gasteiger partial charge in [-0.15, -0.1) is 0 Å². The molecule has 0 atom stereocenters. The Kier molecular flexibility index (Phi) is 3.85. The maximum absolute atomic E-state index is 12.4. The van der Waals surface area contributed by atoms with Crippen molar-refractivity contribution in [1.82, 2.24) is 0 Å². The number of hydrogen-bond acceptors (Lipinski definition) is 0. The number of halogens is 5. The first-order valence-corrected chi connectivity index (χ1v) is 3.86. The average molecular weight is 214 g/mol. The molecule has 0 radical (unpaired) electrons. The molecule has 0 unspecified atom stereocenters. The summed E-state index contributed by atoms with van der Waals surface area (Å²) in [4.78, 5) is 0. The third kappa shape index (κ3) is 3.47. The Labute approximate surface area is 79.1 Å². The van der Waals surface area contributed by atoms with Crippen molar-refractivity contribution in [3.05, 3.63) is 24.3 Å². The maximum atomic E-state index is 12.4. The summed E-state index contributed by atoms with van der Waals surface area (Å²) in [6.45, 7) is 8.24. The maximum Gasteiger partial charge on any atom is 0.453 e. The zero-order valence-electron chi connectivity index (χ0n) is 7.72. The van der Waals surface area contributed by atoms with Gasteiger partial charge in [0, 0.05) is 6.42 Å². The van der Waals surface area contributed by atoms with E-state index in [0.29, 0.717) is 5.57 Å². The number of alkyl halides is 5. The van der Waals surface area contributed by atoms with Crippen molar-refractivity contribution >= 4 is 0 Å². The van der Waals surface area contributed by atoms with Gasteiger partial charge in [-0.2, -0.15) is 22.0 Å². The van der Waals surface area contributed by atoms with Crippen molar-refractivity contribution in [2.24, 2.45) is 0 Å². The van der Waals surface area contributed by atoms with E-state index in [4.69, 9.17) is 0 Å². The van der Waals surface area contributed by atoms with Gasteiger partial charge in [-0.3, -0.25) is 0 Å². The van der Waals surface area contributed by atoms with Crippen LogP contribution >= 0.6 is 0 Å². The van der Waals surface area contributed by atoms with Crippen molar-refractivity contribution in [3.8, 4) is 0 Å². The van der Waals surface area contributed by atoms with Gasteiger partial charge in [0.25, 0.3) is 0 Å². The van der Waals surface area contributed by atoms with Crippen LogP contribution in [0, 0.1) is 0 Å². The van der Waals surface area contributed by atoms with Crippen LogP contribution in [-0.4, -0.2) is 12.1 Å². The standard InChI is InChI=1S/C9H11F5/c1-6(2)7(3)4-5-8(10,11)9(12,13)14/h1,3-5H2,2H3. The lowest BCUT2D eigenvalue weighted by atomic mass is 10.0. The first-order valence-electron chi connectivity index (χ1n) is 3.86. The summed E-state index contributed by atoms with van der Waals surface area (Å²) in [5, 5.41) is 0. The summed E-state index contributed by atoms with van der Waals surface area (Å²) in [7, 11) is 0. The topological polar surface area (TPSA) is 0 Å². The average Bonchev–Trinajstić information content (AvgIpc) is 1.97. The zero-order chi connectivity index (χ0) is 11.6. The van der Waals surface area contributed by atoms with Gasteiger partial charge in [0.15, 0.2) is 0 Å². The summed E-state index contributed by atoms with van der Waals surface area (Å²) in [5.41, 5.74) is 0.636. The minimum Gasteiger partial charge on any atom is -0.196 e. The van der Waals surface area contributed by atoms with Gasteiger partial charge in [-0.25, -0.2) is 0 Å². The molecule has 0 heterocycles. The van der Waals surface area contributed by atoms with Crippen LogP contribution in [0.5, 0.6) is 0 Å². The molecule has 0 aromatic rings. The van der Waals surface area contributed by atoms with Crippen LogP contribution in [0.15, 0.2) is 24.3 Å². The molecule has 0 aromatic heterocycles. The zero-order valence-corrected chi connectivity index (χ0v) is 7.72. The number of allylic oxidation sites excluding steroid dienone is 2. The summed E-state index contributed by atoms with van der Waals surface area (Å²) in [6.07, 6.45) is -7.16. The van der Waals surface area contributed by atoms with E-state index in [1.165, 1.54) is 6.92 Å². The third-order valence-electron chi connectivity index (χ3n) is 1.76. The molecule has 14 heavy (non-hydrogen) atoms.